The van der Waals surface area contributed by atoms with Crippen LogP contribution in [0, 0.1) is 11.3 Å². The molecular formula is C15H13NO2. The molecule has 3 heteroatoms. The Balaban J connectivity index is 2.80. The summed E-state index contributed by atoms with van der Waals surface area (Å²) in [7, 11) is 0. The number of hydrogen-bond donors (Lipinski definition) is 0. The first kappa shape index (κ1) is 13.6. The Morgan fingerprint density at radius 1 is 1.28 bits per heavy atom. The quantitative estimate of drug-likeness (QED) is 0.451. The average molecular weight is 239 g/mol. The Morgan fingerprint density at radius 2 is 1.94 bits per heavy atom. The topological polar surface area (TPSA) is 57.9 Å². The van der Waals surface area contributed by atoms with Crippen LogP contribution in [0.5, 0.6) is 0 Å². The molecule has 0 fully saturated rings. The van der Waals surface area contributed by atoms with Crippen LogP contribution in [0.3, 0.4) is 0 Å². The van der Waals surface area contributed by atoms with E-state index in [2.05, 4.69) is 0 Å². The van der Waals surface area contributed by atoms with E-state index in [0.717, 1.165) is 5.56 Å². The molecule has 0 atom stereocenters. The zero-order chi connectivity index (χ0) is 13.4. The molecule has 18 heavy (non-hydrogen) atoms. The molecule has 3 nitrogen and oxygen atoms in total. The van der Waals surface area contributed by atoms with Crippen molar-refractivity contribution in [2.24, 2.45) is 0 Å². The molecule has 0 unspecified atom stereocenters. The summed E-state index contributed by atoms with van der Waals surface area (Å²) >= 11 is 0. The maximum absolute atomic E-state index is 11.3. The first-order valence-corrected chi connectivity index (χ1v) is 5.49. The van der Waals surface area contributed by atoms with Crippen molar-refractivity contribution in [1.29, 1.82) is 5.26 Å². The SMILES string of the molecule is CC(=O)C(=O)CC(C=Cc1ccccc1)=CC#N. The molecule has 0 heterocycles. The Hall–Kier alpha value is -2.47. The molecule has 0 aliphatic carbocycles. The fourth-order valence-electron chi connectivity index (χ4n) is 1.32. The highest BCUT2D eigenvalue weighted by molar-refractivity contribution is 6.36. The average Bonchev–Trinajstić information content (AvgIpc) is 2.37. The Labute approximate surface area is 106 Å². The van der Waals surface area contributed by atoms with E-state index >= 15 is 0 Å². The van der Waals surface area contributed by atoms with Crippen molar-refractivity contribution >= 4 is 17.6 Å². The molecule has 0 saturated heterocycles. The van der Waals surface area contributed by atoms with Gasteiger partial charge in [-0.3, -0.25) is 9.59 Å². The molecule has 0 N–H and O–H groups in total. The van der Waals surface area contributed by atoms with Gasteiger partial charge in [-0.1, -0.05) is 42.5 Å². The molecule has 0 aromatic heterocycles. The summed E-state index contributed by atoms with van der Waals surface area (Å²) in [5, 5.41) is 8.63. The summed E-state index contributed by atoms with van der Waals surface area (Å²) < 4.78 is 0. The molecule has 0 saturated carbocycles. The van der Waals surface area contributed by atoms with Gasteiger partial charge in [0.05, 0.1) is 6.07 Å². The van der Waals surface area contributed by atoms with Crippen molar-refractivity contribution in [2.75, 3.05) is 0 Å². The van der Waals surface area contributed by atoms with Gasteiger partial charge in [0.15, 0.2) is 5.78 Å². The second-order valence-electron chi connectivity index (χ2n) is 3.75. The molecule has 0 radical (unpaired) electrons. The number of carbonyl (C=O) groups is 2. The Bertz CT molecular complexity index is 533. The van der Waals surface area contributed by atoms with Crippen molar-refractivity contribution < 1.29 is 9.59 Å². The maximum atomic E-state index is 11.3. The van der Waals surface area contributed by atoms with E-state index < -0.39 is 11.6 Å². The van der Waals surface area contributed by atoms with E-state index in [1.165, 1.54) is 13.0 Å². The van der Waals surface area contributed by atoms with E-state index in [4.69, 9.17) is 5.26 Å². The molecule has 0 aliphatic rings. The summed E-state index contributed by atoms with van der Waals surface area (Å²) in [5.41, 5.74) is 1.50. The van der Waals surface area contributed by atoms with Gasteiger partial charge in [-0.15, -0.1) is 0 Å². The highest BCUT2D eigenvalue weighted by Crippen LogP contribution is 2.09. The first-order valence-electron chi connectivity index (χ1n) is 5.49. The van der Waals surface area contributed by atoms with Crippen molar-refractivity contribution in [3.8, 4) is 6.07 Å². The number of Topliss-reactive ketones (excluding diaryl/α,β-unsaturated/α-hetero) is 2. The third kappa shape index (κ3) is 4.58. The lowest BCUT2D eigenvalue weighted by Gasteiger charge is -1.97. The van der Waals surface area contributed by atoms with E-state index in [0.29, 0.717) is 5.57 Å². The first-order chi connectivity index (χ1) is 8.63. The molecule has 1 rings (SSSR count). The lowest BCUT2D eigenvalue weighted by atomic mass is 10.1. The summed E-state index contributed by atoms with van der Waals surface area (Å²) in [6, 6.07) is 11.4. The fraction of sp³-hybridized carbons (Fsp3) is 0.133. The molecule has 1 aromatic carbocycles. The van der Waals surface area contributed by atoms with Crippen LogP contribution in [0.2, 0.25) is 0 Å². The third-order valence-corrected chi connectivity index (χ3v) is 2.30. The zero-order valence-corrected chi connectivity index (χ0v) is 10.1. The summed E-state index contributed by atoms with van der Waals surface area (Å²) in [4.78, 5) is 22.2. The molecule has 0 spiro atoms. The molecule has 0 bridgehead atoms. The number of carbonyl (C=O) groups excluding carboxylic acids is 2. The van der Waals surface area contributed by atoms with Gasteiger partial charge in [0.2, 0.25) is 5.78 Å². The monoisotopic (exact) mass is 239 g/mol. The van der Waals surface area contributed by atoms with Crippen LogP contribution in [-0.2, 0) is 9.59 Å². The van der Waals surface area contributed by atoms with Crippen molar-refractivity contribution in [3.63, 3.8) is 0 Å². The van der Waals surface area contributed by atoms with Gasteiger partial charge in [-0.05, 0) is 11.1 Å². The van der Waals surface area contributed by atoms with Crippen molar-refractivity contribution in [3.05, 3.63) is 53.6 Å². The minimum atomic E-state index is -0.494. The summed E-state index contributed by atoms with van der Waals surface area (Å²) in [6.07, 6.45) is 4.72. The minimum Gasteiger partial charge on any atom is -0.291 e. The molecule has 0 aliphatic heterocycles. The smallest absolute Gasteiger partial charge is 0.202 e. The van der Waals surface area contributed by atoms with Crippen LogP contribution >= 0.6 is 0 Å². The Kier molecular flexibility index (Phi) is 5.27. The fourth-order valence-corrected chi connectivity index (χ4v) is 1.32. The van der Waals surface area contributed by atoms with Crippen LogP contribution in [0.15, 0.2) is 48.1 Å². The predicted octanol–water partition coefficient (Wildman–Crippen LogP) is 2.70. The van der Waals surface area contributed by atoms with E-state index in [9.17, 15) is 9.59 Å². The molecule has 90 valence electrons. The van der Waals surface area contributed by atoms with Gasteiger partial charge < -0.3 is 0 Å². The number of hydrogen-bond acceptors (Lipinski definition) is 3. The van der Waals surface area contributed by atoms with Crippen molar-refractivity contribution in [1.82, 2.24) is 0 Å². The molecule has 0 amide bonds. The van der Waals surface area contributed by atoms with Crippen LogP contribution in [0.25, 0.3) is 6.08 Å². The van der Waals surface area contributed by atoms with E-state index in [1.807, 2.05) is 36.4 Å². The van der Waals surface area contributed by atoms with Crippen LogP contribution in [0.1, 0.15) is 18.9 Å². The van der Waals surface area contributed by atoms with E-state index in [-0.39, 0.29) is 6.42 Å². The van der Waals surface area contributed by atoms with Crippen LogP contribution in [-0.4, -0.2) is 11.6 Å². The summed E-state index contributed by atoms with van der Waals surface area (Å²) in [6.45, 7) is 1.23. The highest BCUT2D eigenvalue weighted by atomic mass is 16.2. The number of rotatable bonds is 5. The van der Waals surface area contributed by atoms with Gasteiger partial charge in [0, 0.05) is 19.4 Å². The van der Waals surface area contributed by atoms with Gasteiger partial charge >= 0.3 is 0 Å². The van der Waals surface area contributed by atoms with Crippen molar-refractivity contribution in [2.45, 2.75) is 13.3 Å². The van der Waals surface area contributed by atoms with E-state index in [1.54, 1.807) is 12.2 Å². The van der Waals surface area contributed by atoms with Crippen LogP contribution in [0.4, 0.5) is 0 Å². The number of nitrogens with zero attached hydrogens (tertiary/aromatic N) is 1. The Morgan fingerprint density at radius 3 is 2.50 bits per heavy atom. The lowest BCUT2D eigenvalue weighted by Crippen LogP contribution is -2.09. The lowest BCUT2D eigenvalue weighted by molar-refractivity contribution is -0.134. The van der Waals surface area contributed by atoms with Gasteiger partial charge in [-0.2, -0.15) is 5.26 Å². The zero-order valence-electron chi connectivity index (χ0n) is 10.1. The number of ketones is 2. The standard InChI is InChI=1S/C15H13NO2/c1-12(17)15(18)11-14(9-10-16)8-7-13-5-3-2-4-6-13/h2-9H,11H2,1H3. The largest absolute Gasteiger partial charge is 0.291 e. The molecule has 1 aromatic rings. The van der Waals surface area contributed by atoms with Gasteiger partial charge in [0.1, 0.15) is 0 Å². The van der Waals surface area contributed by atoms with Gasteiger partial charge in [-0.25, -0.2) is 0 Å². The summed E-state index contributed by atoms with van der Waals surface area (Å²) in [5.74, 6) is -0.985. The maximum Gasteiger partial charge on any atom is 0.202 e. The van der Waals surface area contributed by atoms with Gasteiger partial charge in [0.25, 0.3) is 0 Å². The third-order valence-electron chi connectivity index (χ3n) is 2.30. The number of allylic oxidation sites excluding steroid dienone is 3. The second kappa shape index (κ2) is 6.97. The number of nitriles is 1. The predicted molar refractivity (Wildman–Crippen MR) is 69.5 cm³/mol. The minimum absolute atomic E-state index is 0.0355. The normalized spacial score (nSPS) is 11.2. The highest BCUT2D eigenvalue weighted by Gasteiger charge is 2.08. The van der Waals surface area contributed by atoms with Crippen LogP contribution < -0.4 is 0 Å². The molecular weight excluding hydrogens is 226 g/mol. The number of benzene rings is 1. The second-order valence-corrected chi connectivity index (χ2v) is 3.75.